The van der Waals surface area contributed by atoms with Gasteiger partial charge in [0.05, 0.1) is 7.11 Å². The Morgan fingerprint density at radius 3 is 2.74 bits per heavy atom. The second-order valence-corrected chi connectivity index (χ2v) is 4.05. The summed E-state index contributed by atoms with van der Waals surface area (Å²) >= 11 is 0. The molecule has 0 unspecified atom stereocenters. The first-order valence-electron chi connectivity index (χ1n) is 5.81. The van der Waals surface area contributed by atoms with Crippen molar-refractivity contribution < 1.29 is 13.9 Å². The van der Waals surface area contributed by atoms with Crippen LogP contribution in [0.15, 0.2) is 30.5 Å². The molecule has 5 heteroatoms. The highest BCUT2D eigenvalue weighted by Crippen LogP contribution is 2.32. The normalized spacial score (nSPS) is 10.3. The summed E-state index contributed by atoms with van der Waals surface area (Å²) in [5, 5.41) is 0. The van der Waals surface area contributed by atoms with Gasteiger partial charge in [0, 0.05) is 18.3 Å². The summed E-state index contributed by atoms with van der Waals surface area (Å²) in [4.78, 5) is 3.87. The highest BCUT2D eigenvalue weighted by molar-refractivity contribution is 5.44. The Hall–Kier alpha value is -2.14. The number of benzene rings is 1. The standard InChI is InChI=1S/C14H15FN2O2/c1-9-3-4-11(12(7-9)18-2)19-14-13(15)10(8-16)5-6-17-14/h3-7H,8,16H2,1-2H3. The number of methoxy groups -OCH3 is 1. The quantitative estimate of drug-likeness (QED) is 0.920. The molecule has 1 aromatic heterocycles. The molecule has 0 saturated carbocycles. The number of nitrogens with zero attached hydrogens (tertiary/aromatic N) is 1. The fraction of sp³-hybridized carbons (Fsp3) is 0.214. The summed E-state index contributed by atoms with van der Waals surface area (Å²) in [6, 6.07) is 6.89. The number of aryl methyl sites for hydroxylation is 1. The van der Waals surface area contributed by atoms with Crippen molar-refractivity contribution >= 4 is 0 Å². The van der Waals surface area contributed by atoms with Crippen molar-refractivity contribution in [2.24, 2.45) is 5.73 Å². The first-order chi connectivity index (χ1) is 9.15. The lowest BCUT2D eigenvalue weighted by molar-refractivity contribution is 0.362. The van der Waals surface area contributed by atoms with Gasteiger partial charge in [-0.1, -0.05) is 6.07 Å². The van der Waals surface area contributed by atoms with E-state index in [4.69, 9.17) is 15.2 Å². The van der Waals surface area contributed by atoms with Gasteiger partial charge in [-0.05, 0) is 30.7 Å². The fourth-order valence-electron chi connectivity index (χ4n) is 1.65. The Morgan fingerprint density at radius 2 is 2.05 bits per heavy atom. The van der Waals surface area contributed by atoms with E-state index in [0.717, 1.165) is 5.56 Å². The molecule has 0 aliphatic heterocycles. The van der Waals surface area contributed by atoms with Crippen molar-refractivity contribution in [1.82, 2.24) is 4.98 Å². The lowest BCUT2D eigenvalue weighted by Gasteiger charge is -2.11. The van der Waals surface area contributed by atoms with Gasteiger partial charge < -0.3 is 15.2 Å². The molecule has 2 aromatic rings. The van der Waals surface area contributed by atoms with Crippen LogP contribution in [-0.4, -0.2) is 12.1 Å². The molecule has 100 valence electrons. The summed E-state index contributed by atoms with van der Waals surface area (Å²) < 4.78 is 24.6. The maximum Gasteiger partial charge on any atom is 0.256 e. The lowest BCUT2D eigenvalue weighted by atomic mass is 10.2. The fourth-order valence-corrected chi connectivity index (χ4v) is 1.65. The van der Waals surface area contributed by atoms with Crippen molar-refractivity contribution in [1.29, 1.82) is 0 Å². The van der Waals surface area contributed by atoms with E-state index < -0.39 is 5.82 Å². The van der Waals surface area contributed by atoms with E-state index in [1.54, 1.807) is 12.1 Å². The van der Waals surface area contributed by atoms with Gasteiger partial charge in [-0.3, -0.25) is 0 Å². The van der Waals surface area contributed by atoms with Crippen LogP contribution in [0.3, 0.4) is 0 Å². The van der Waals surface area contributed by atoms with E-state index in [1.807, 2.05) is 13.0 Å². The maximum absolute atomic E-state index is 14.0. The van der Waals surface area contributed by atoms with Crippen molar-refractivity contribution in [3.63, 3.8) is 0 Å². The van der Waals surface area contributed by atoms with Crippen LogP contribution in [0.5, 0.6) is 17.4 Å². The van der Waals surface area contributed by atoms with E-state index in [2.05, 4.69) is 4.98 Å². The van der Waals surface area contributed by atoms with Gasteiger partial charge in [-0.15, -0.1) is 0 Å². The molecule has 4 nitrogen and oxygen atoms in total. The molecule has 0 bridgehead atoms. The molecule has 1 aromatic carbocycles. The van der Waals surface area contributed by atoms with Crippen LogP contribution < -0.4 is 15.2 Å². The monoisotopic (exact) mass is 262 g/mol. The SMILES string of the molecule is COc1cc(C)ccc1Oc1nccc(CN)c1F. The highest BCUT2D eigenvalue weighted by Gasteiger charge is 2.13. The number of aromatic nitrogens is 1. The van der Waals surface area contributed by atoms with Crippen molar-refractivity contribution in [3.8, 4) is 17.4 Å². The molecule has 19 heavy (non-hydrogen) atoms. The molecular formula is C14H15FN2O2. The van der Waals surface area contributed by atoms with Gasteiger partial charge in [0.15, 0.2) is 17.3 Å². The number of rotatable bonds is 4. The summed E-state index contributed by atoms with van der Waals surface area (Å²) in [5.74, 6) is 0.283. The van der Waals surface area contributed by atoms with Gasteiger partial charge in [0.1, 0.15) is 0 Å². The molecule has 0 atom stereocenters. The zero-order valence-electron chi connectivity index (χ0n) is 10.8. The third-order valence-corrected chi connectivity index (χ3v) is 2.68. The minimum atomic E-state index is -0.548. The molecule has 0 saturated heterocycles. The smallest absolute Gasteiger partial charge is 0.256 e. The number of hydrogen-bond acceptors (Lipinski definition) is 4. The summed E-state index contributed by atoms with van der Waals surface area (Å²) in [6.45, 7) is 2.02. The number of pyridine rings is 1. The number of ether oxygens (including phenoxy) is 2. The van der Waals surface area contributed by atoms with E-state index >= 15 is 0 Å². The van der Waals surface area contributed by atoms with Crippen molar-refractivity contribution in [3.05, 3.63) is 47.4 Å². The molecule has 0 fully saturated rings. The number of nitrogens with two attached hydrogens (primary N) is 1. The van der Waals surface area contributed by atoms with Gasteiger partial charge >= 0.3 is 0 Å². The molecule has 0 radical (unpaired) electrons. The highest BCUT2D eigenvalue weighted by atomic mass is 19.1. The first-order valence-corrected chi connectivity index (χ1v) is 5.81. The van der Waals surface area contributed by atoms with Crippen LogP contribution in [0.1, 0.15) is 11.1 Å². The Kier molecular flexibility index (Phi) is 3.97. The zero-order chi connectivity index (χ0) is 13.8. The third-order valence-electron chi connectivity index (χ3n) is 2.68. The predicted octanol–water partition coefficient (Wildman–Crippen LogP) is 2.79. The molecule has 0 aliphatic rings. The largest absolute Gasteiger partial charge is 0.493 e. The molecule has 2 N–H and O–H groups in total. The summed E-state index contributed by atoms with van der Waals surface area (Å²) in [7, 11) is 1.53. The minimum Gasteiger partial charge on any atom is -0.493 e. The Labute approximate surface area is 111 Å². The Morgan fingerprint density at radius 1 is 1.26 bits per heavy atom. The first kappa shape index (κ1) is 13.3. The van der Waals surface area contributed by atoms with Gasteiger partial charge in [0.2, 0.25) is 0 Å². The maximum atomic E-state index is 14.0. The third kappa shape index (κ3) is 2.82. The van der Waals surface area contributed by atoms with E-state index in [-0.39, 0.29) is 12.4 Å². The van der Waals surface area contributed by atoms with Crippen LogP contribution in [-0.2, 0) is 6.54 Å². The molecule has 1 heterocycles. The summed E-state index contributed by atoms with van der Waals surface area (Å²) in [6.07, 6.45) is 1.46. The molecule has 0 spiro atoms. The van der Waals surface area contributed by atoms with Crippen LogP contribution in [0.2, 0.25) is 0 Å². The average molecular weight is 262 g/mol. The van der Waals surface area contributed by atoms with Gasteiger partial charge in [-0.2, -0.15) is 0 Å². The number of hydrogen-bond donors (Lipinski definition) is 1. The average Bonchev–Trinajstić information content (AvgIpc) is 2.42. The van der Waals surface area contributed by atoms with Crippen LogP contribution >= 0.6 is 0 Å². The molecule has 0 amide bonds. The Bertz CT molecular complexity index is 588. The van der Waals surface area contributed by atoms with Crippen molar-refractivity contribution in [2.45, 2.75) is 13.5 Å². The van der Waals surface area contributed by atoms with Crippen molar-refractivity contribution in [2.75, 3.05) is 7.11 Å². The molecular weight excluding hydrogens is 247 g/mol. The molecule has 2 rings (SSSR count). The second kappa shape index (κ2) is 5.67. The van der Waals surface area contributed by atoms with Crippen LogP contribution in [0, 0.1) is 12.7 Å². The van der Waals surface area contributed by atoms with E-state index in [1.165, 1.54) is 19.4 Å². The van der Waals surface area contributed by atoms with E-state index in [0.29, 0.717) is 17.1 Å². The van der Waals surface area contributed by atoms with Gasteiger partial charge in [0.25, 0.3) is 5.88 Å². The minimum absolute atomic E-state index is 0.0930. The zero-order valence-corrected chi connectivity index (χ0v) is 10.8. The van der Waals surface area contributed by atoms with Crippen LogP contribution in [0.4, 0.5) is 4.39 Å². The molecule has 0 aliphatic carbocycles. The topological polar surface area (TPSA) is 57.4 Å². The number of halogens is 1. The Balaban J connectivity index is 2.36. The predicted molar refractivity (Wildman–Crippen MR) is 69.9 cm³/mol. The van der Waals surface area contributed by atoms with Crippen LogP contribution in [0.25, 0.3) is 0 Å². The second-order valence-electron chi connectivity index (χ2n) is 4.05. The summed E-state index contributed by atoms with van der Waals surface area (Å²) in [5.41, 5.74) is 6.82. The van der Waals surface area contributed by atoms with Gasteiger partial charge in [-0.25, -0.2) is 9.37 Å². The van der Waals surface area contributed by atoms with E-state index in [9.17, 15) is 4.39 Å². The lowest BCUT2D eigenvalue weighted by Crippen LogP contribution is -2.03.